The molecule has 0 unspecified atom stereocenters. The molecule has 2 amide bonds. The third-order valence-corrected chi connectivity index (χ3v) is 4.02. The third-order valence-electron chi connectivity index (χ3n) is 4.02. The second kappa shape index (κ2) is 7.48. The predicted octanol–water partition coefficient (Wildman–Crippen LogP) is -1.33. The van der Waals surface area contributed by atoms with E-state index in [1.165, 1.54) is 30.9 Å². The zero-order valence-electron chi connectivity index (χ0n) is 15.1. The van der Waals surface area contributed by atoms with Crippen molar-refractivity contribution in [1.29, 1.82) is 0 Å². The SMILES string of the molecule is CC(C)[C@H](N)C(=O)NCC(=O)Nc1cnc2c(c1)c(=O)n(C)c(=O)n2C. The molecule has 0 saturated carbocycles. The van der Waals surface area contributed by atoms with E-state index in [1.807, 2.05) is 0 Å². The highest BCUT2D eigenvalue weighted by molar-refractivity contribution is 5.96. The summed E-state index contributed by atoms with van der Waals surface area (Å²) in [6.45, 7) is 3.35. The molecule has 0 aliphatic carbocycles. The average Bonchev–Trinajstić information content (AvgIpc) is 2.61. The Balaban J connectivity index is 2.17. The molecule has 26 heavy (non-hydrogen) atoms. The minimum absolute atomic E-state index is 0.0504. The predicted molar refractivity (Wildman–Crippen MR) is 96.7 cm³/mol. The van der Waals surface area contributed by atoms with Crippen molar-refractivity contribution in [3.05, 3.63) is 33.1 Å². The molecular formula is C16H22N6O4. The quantitative estimate of drug-likeness (QED) is 0.602. The van der Waals surface area contributed by atoms with E-state index in [9.17, 15) is 19.2 Å². The van der Waals surface area contributed by atoms with E-state index in [2.05, 4.69) is 15.6 Å². The Morgan fingerprint density at radius 1 is 1.23 bits per heavy atom. The van der Waals surface area contributed by atoms with Gasteiger partial charge in [-0.2, -0.15) is 0 Å². The van der Waals surface area contributed by atoms with Gasteiger partial charge in [0.1, 0.15) is 5.65 Å². The second-order valence-electron chi connectivity index (χ2n) is 6.34. The molecule has 0 saturated heterocycles. The minimum atomic E-state index is -0.700. The average molecular weight is 362 g/mol. The van der Waals surface area contributed by atoms with Crippen molar-refractivity contribution in [3.63, 3.8) is 0 Å². The molecule has 0 radical (unpaired) electrons. The maximum absolute atomic E-state index is 12.2. The highest BCUT2D eigenvalue weighted by atomic mass is 16.2. The van der Waals surface area contributed by atoms with Crippen LogP contribution in [0.1, 0.15) is 13.8 Å². The smallest absolute Gasteiger partial charge is 0.332 e. The van der Waals surface area contributed by atoms with Gasteiger partial charge in [-0.05, 0) is 12.0 Å². The second-order valence-corrected chi connectivity index (χ2v) is 6.34. The first-order valence-corrected chi connectivity index (χ1v) is 8.02. The molecule has 0 bridgehead atoms. The summed E-state index contributed by atoms with van der Waals surface area (Å²) in [5.41, 5.74) is 5.19. The van der Waals surface area contributed by atoms with Gasteiger partial charge >= 0.3 is 5.69 Å². The molecule has 2 rings (SSSR count). The largest absolute Gasteiger partial charge is 0.346 e. The number of nitrogens with one attached hydrogen (secondary N) is 2. The maximum Gasteiger partial charge on any atom is 0.332 e. The summed E-state index contributed by atoms with van der Waals surface area (Å²) in [5.74, 6) is -0.960. The monoisotopic (exact) mass is 362 g/mol. The van der Waals surface area contributed by atoms with E-state index >= 15 is 0 Å². The van der Waals surface area contributed by atoms with Gasteiger partial charge in [-0.1, -0.05) is 13.8 Å². The van der Waals surface area contributed by atoms with Crippen LogP contribution in [0.2, 0.25) is 0 Å². The summed E-state index contributed by atoms with van der Waals surface area (Å²) in [6, 6.07) is 0.735. The fourth-order valence-electron chi connectivity index (χ4n) is 2.33. The Morgan fingerprint density at radius 3 is 2.50 bits per heavy atom. The number of anilines is 1. The van der Waals surface area contributed by atoms with E-state index in [1.54, 1.807) is 13.8 Å². The Hall–Kier alpha value is -3.01. The third kappa shape index (κ3) is 3.80. The first kappa shape index (κ1) is 19.3. The van der Waals surface area contributed by atoms with Crippen LogP contribution < -0.4 is 27.6 Å². The number of carbonyl (C=O) groups is 2. The standard InChI is InChI=1S/C16H22N6O4/c1-8(2)12(17)14(24)19-7-11(23)20-9-5-10-13(18-6-9)21(3)16(26)22(4)15(10)25/h5-6,8,12H,7,17H2,1-4H3,(H,19,24)(H,20,23)/t12-/m0/s1. The lowest BCUT2D eigenvalue weighted by atomic mass is 10.1. The van der Waals surface area contributed by atoms with Crippen molar-refractivity contribution in [2.75, 3.05) is 11.9 Å². The van der Waals surface area contributed by atoms with Crippen molar-refractivity contribution in [1.82, 2.24) is 19.4 Å². The zero-order valence-corrected chi connectivity index (χ0v) is 15.1. The van der Waals surface area contributed by atoms with Gasteiger partial charge in [0.2, 0.25) is 11.8 Å². The van der Waals surface area contributed by atoms with Gasteiger partial charge in [0.25, 0.3) is 5.56 Å². The molecule has 140 valence electrons. The molecule has 0 fully saturated rings. The van der Waals surface area contributed by atoms with Gasteiger partial charge < -0.3 is 16.4 Å². The van der Waals surface area contributed by atoms with Crippen molar-refractivity contribution in [2.45, 2.75) is 19.9 Å². The van der Waals surface area contributed by atoms with Crippen LogP contribution in [0.15, 0.2) is 21.9 Å². The first-order chi connectivity index (χ1) is 12.1. The molecular weight excluding hydrogens is 340 g/mol. The Kier molecular flexibility index (Phi) is 5.56. The molecule has 1 atom stereocenters. The number of carbonyl (C=O) groups excluding carboxylic acids is 2. The Morgan fingerprint density at radius 2 is 1.88 bits per heavy atom. The van der Waals surface area contributed by atoms with Gasteiger partial charge in [-0.3, -0.25) is 23.5 Å². The summed E-state index contributed by atoms with van der Waals surface area (Å²) in [5, 5.41) is 5.19. The van der Waals surface area contributed by atoms with Crippen LogP contribution in [0.3, 0.4) is 0 Å². The summed E-state index contributed by atoms with van der Waals surface area (Å²) >= 11 is 0. The molecule has 2 aromatic heterocycles. The number of fused-ring (bicyclic) bond motifs is 1. The molecule has 0 spiro atoms. The van der Waals surface area contributed by atoms with Crippen LogP contribution in [0.5, 0.6) is 0 Å². The van der Waals surface area contributed by atoms with E-state index in [0.29, 0.717) is 0 Å². The summed E-state index contributed by atoms with van der Waals surface area (Å²) < 4.78 is 2.21. The number of pyridine rings is 1. The molecule has 2 aromatic rings. The van der Waals surface area contributed by atoms with Crippen LogP contribution in [0.25, 0.3) is 11.0 Å². The van der Waals surface area contributed by atoms with Gasteiger partial charge in [0.15, 0.2) is 0 Å². The van der Waals surface area contributed by atoms with Gasteiger partial charge in [-0.15, -0.1) is 0 Å². The maximum atomic E-state index is 12.2. The fraction of sp³-hybridized carbons (Fsp3) is 0.438. The normalized spacial score (nSPS) is 12.2. The summed E-state index contributed by atoms with van der Waals surface area (Å²) in [6.07, 6.45) is 1.33. The number of nitrogens with two attached hydrogens (primary N) is 1. The van der Waals surface area contributed by atoms with Gasteiger partial charge in [-0.25, -0.2) is 9.78 Å². The topological polar surface area (TPSA) is 141 Å². The van der Waals surface area contributed by atoms with Crippen molar-refractivity contribution in [3.8, 4) is 0 Å². The molecule has 0 aliphatic rings. The van der Waals surface area contributed by atoms with Crippen LogP contribution in [0.4, 0.5) is 5.69 Å². The first-order valence-electron chi connectivity index (χ1n) is 8.02. The highest BCUT2D eigenvalue weighted by Crippen LogP contribution is 2.11. The highest BCUT2D eigenvalue weighted by Gasteiger charge is 2.18. The number of aromatic nitrogens is 3. The number of hydrogen-bond donors (Lipinski definition) is 3. The number of rotatable bonds is 5. The van der Waals surface area contributed by atoms with Crippen LogP contribution in [0, 0.1) is 5.92 Å². The zero-order chi connectivity index (χ0) is 19.6. The van der Waals surface area contributed by atoms with Crippen LogP contribution in [-0.4, -0.2) is 38.5 Å². The Bertz CT molecular complexity index is 975. The minimum Gasteiger partial charge on any atom is -0.346 e. The van der Waals surface area contributed by atoms with Crippen LogP contribution in [-0.2, 0) is 23.7 Å². The Labute approximate surface area is 149 Å². The van der Waals surface area contributed by atoms with Crippen LogP contribution >= 0.6 is 0 Å². The van der Waals surface area contributed by atoms with Gasteiger partial charge in [0.05, 0.1) is 29.9 Å². The molecule has 10 nitrogen and oxygen atoms in total. The van der Waals surface area contributed by atoms with E-state index < -0.39 is 29.1 Å². The lowest BCUT2D eigenvalue weighted by Crippen LogP contribution is -2.46. The van der Waals surface area contributed by atoms with Crippen molar-refractivity contribution >= 4 is 28.5 Å². The molecule has 0 aliphatic heterocycles. The van der Waals surface area contributed by atoms with E-state index in [-0.39, 0.29) is 29.2 Å². The van der Waals surface area contributed by atoms with Gasteiger partial charge in [0, 0.05) is 14.1 Å². The molecule has 2 heterocycles. The lowest BCUT2D eigenvalue weighted by Gasteiger charge is -2.15. The summed E-state index contributed by atoms with van der Waals surface area (Å²) in [4.78, 5) is 51.9. The number of aryl methyl sites for hydroxylation is 1. The van der Waals surface area contributed by atoms with Crippen molar-refractivity contribution < 1.29 is 9.59 Å². The summed E-state index contributed by atoms with van der Waals surface area (Å²) in [7, 11) is 2.87. The molecule has 4 N–H and O–H groups in total. The van der Waals surface area contributed by atoms with Crippen molar-refractivity contribution in [2.24, 2.45) is 25.7 Å². The molecule has 0 aromatic carbocycles. The fourth-order valence-corrected chi connectivity index (χ4v) is 2.33. The van der Waals surface area contributed by atoms with E-state index in [0.717, 1.165) is 4.57 Å². The van der Waals surface area contributed by atoms with E-state index in [4.69, 9.17) is 5.73 Å². The number of hydrogen-bond acceptors (Lipinski definition) is 6. The number of nitrogens with zero attached hydrogens (tertiary/aromatic N) is 3. The molecule has 10 heteroatoms. The number of amides is 2. The lowest BCUT2D eigenvalue weighted by molar-refractivity contribution is -0.125.